The van der Waals surface area contributed by atoms with Gasteiger partial charge in [-0.2, -0.15) is 0 Å². The lowest BCUT2D eigenvalue weighted by atomic mass is 9.94. The number of H-pyrrole nitrogens is 1. The van der Waals surface area contributed by atoms with E-state index in [0.717, 1.165) is 17.4 Å². The molecule has 3 N–H and O–H groups in total. The first kappa shape index (κ1) is 22.0. The highest BCUT2D eigenvalue weighted by Gasteiger charge is 2.45. The fraction of sp³-hybridized carbons (Fsp3) is 0.385. The lowest BCUT2D eigenvalue weighted by molar-refractivity contribution is 0.0927. The molecule has 6 nitrogen and oxygen atoms in total. The number of hydrogen-bond acceptors (Lipinski definition) is 3. The topological polar surface area (TPSA) is 77.2 Å². The number of likely N-dealkylation sites (tertiary alicyclic amines) is 1. The average Bonchev–Trinajstić information content (AvgIpc) is 3.25. The molecule has 0 bridgehead atoms. The van der Waals surface area contributed by atoms with Crippen LogP contribution >= 0.6 is 11.6 Å². The molecule has 0 radical (unpaired) electrons. The quantitative estimate of drug-likeness (QED) is 0.439. The van der Waals surface area contributed by atoms with Crippen LogP contribution in [0.1, 0.15) is 52.0 Å². The standard InChI is InChI=1S/C26H29ClN4O2/c27-22-16-30-23-15-19(5-8-21(22)23)25(33)29-12-11-28-24(32)18-3-6-20(7-4-18)26(9-10-26)17-31-13-1-2-14-31/h3-8,15-16,30H,1-2,9-14,17H2,(H,28,32)(H,29,33). The van der Waals surface area contributed by atoms with E-state index in [1.165, 1.54) is 44.3 Å². The van der Waals surface area contributed by atoms with Gasteiger partial charge in [0, 0.05) is 53.3 Å². The number of carbonyl (C=O) groups is 2. The minimum absolute atomic E-state index is 0.123. The maximum atomic E-state index is 12.5. The number of fused-ring (bicyclic) bond motifs is 1. The third-order valence-electron chi connectivity index (χ3n) is 6.93. The van der Waals surface area contributed by atoms with Crippen molar-refractivity contribution < 1.29 is 9.59 Å². The maximum absolute atomic E-state index is 12.5. The van der Waals surface area contributed by atoms with Crippen molar-refractivity contribution in [2.45, 2.75) is 31.1 Å². The molecule has 2 fully saturated rings. The first-order valence-corrected chi connectivity index (χ1v) is 12.1. The Morgan fingerprint density at radius 3 is 2.24 bits per heavy atom. The van der Waals surface area contributed by atoms with Gasteiger partial charge in [0.05, 0.1) is 5.02 Å². The molecule has 1 saturated carbocycles. The summed E-state index contributed by atoms with van der Waals surface area (Å²) in [5.74, 6) is -0.309. The number of aromatic nitrogens is 1. The molecular formula is C26H29ClN4O2. The zero-order chi connectivity index (χ0) is 22.8. The molecule has 0 atom stereocenters. The molecule has 3 aromatic rings. The van der Waals surface area contributed by atoms with Crippen molar-refractivity contribution in [3.63, 3.8) is 0 Å². The third-order valence-corrected chi connectivity index (χ3v) is 7.24. The van der Waals surface area contributed by atoms with Crippen LogP contribution in [0.2, 0.25) is 5.02 Å². The first-order valence-electron chi connectivity index (χ1n) is 11.7. The summed E-state index contributed by atoms with van der Waals surface area (Å²) in [7, 11) is 0. The van der Waals surface area contributed by atoms with Gasteiger partial charge in [-0.3, -0.25) is 9.59 Å². The van der Waals surface area contributed by atoms with Gasteiger partial charge in [0.1, 0.15) is 0 Å². The van der Waals surface area contributed by atoms with E-state index in [-0.39, 0.29) is 17.2 Å². The van der Waals surface area contributed by atoms with Crippen molar-refractivity contribution in [1.29, 1.82) is 0 Å². The van der Waals surface area contributed by atoms with E-state index in [2.05, 4.69) is 32.7 Å². The number of hydrogen-bond donors (Lipinski definition) is 3. The molecule has 172 valence electrons. The Balaban J connectivity index is 1.09. The van der Waals surface area contributed by atoms with Crippen molar-refractivity contribution in [3.8, 4) is 0 Å². The van der Waals surface area contributed by atoms with E-state index in [0.29, 0.717) is 29.2 Å². The number of nitrogens with one attached hydrogen (secondary N) is 3. The van der Waals surface area contributed by atoms with Crippen LogP contribution in [-0.4, -0.2) is 54.4 Å². The minimum Gasteiger partial charge on any atom is -0.360 e. The van der Waals surface area contributed by atoms with Gasteiger partial charge in [-0.15, -0.1) is 0 Å². The molecule has 5 rings (SSSR count). The van der Waals surface area contributed by atoms with Crippen LogP contribution in [0.4, 0.5) is 0 Å². The molecule has 2 aliphatic rings. The molecule has 0 spiro atoms. The zero-order valence-electron chi connectivity index (χ0n) is 18.6. The van der Waals surface area contributed by atoms with E-state index < -0.39 is 0 Å². The minimum atomic E-state index is -0.186. The molecule has 33 heavy (non-hydrogen) atoms. The summed E-state index contributed by atoms with van der Waals surface area (Å²) in [4.78, 5) is 30.5. The second kappa shape index (κ2) is 9.20. The molecule has 1 aliphatic heterocycles. The SMILES string of the molecule is O=C(NCCNC(=O)c1ccc2c(Cl)c[nH]c2c1)c1ccc(C2(CN3CCCC3)CC2)cc1. The number of rotatable bonds is 8. The van der Waals surface area contributed by atoms with Crippen LogP contribution in [-0.2, 0) is 5.41 Å². The van der Waals surface area contributed by atoms with E-state index in [4.69, 9.17) is 11.6 Å². The van der Waals surface area contributed by atoms with Crippen LogP contribution in [0, 0.1) is 0 Å². The summed E-state index contributed by atoms with van der Waals surface area (Å²) in [6.07, 6.45) is 6.80. The van der Waals surface area contributed by atoms with Crippen LogP contribution < -0.4 is 10.6 Å². The molecule has 1 aromatic heterocycles. The van der Waals surface area contributed by atoms with Crippen LogP contribution in [0.15, 0.2) is 48.7 Å². The Labute approximate surface area is 198 Å². The fourth-order valence-corrected chi connectivity index (χ4v) is 5.04. The smallest absolute Gasteiger partial charge is 0.251 e. The Morgan fingerprint density at radius 2 is 1.58 bits per heavy atom. The van der Waals surface area contributed by atoms with Crippen molar-refractivity contribution in [3.05, 3.63) is 70.4 Å². The number of benzene rings is 2. The summed E-state index contributed by atoms with van der Waals surface area (Å²) in [5, 5.41) is 7.24. The molecule has 2 amide bonds. The first-order chi connectivity index (χ1) is 16.0. The zero-order valence-corrected chi connectivity index (χ0v) is 19.4. The number of carbonyl (C=O) groups excluding carboxylic acids is 2. The van der Waals surface area contributed by atoms with E-state index in [1.54, 1.807) is 18.3 Å². The van der Waals surface area contributed by atoms with Gasteiger partial charge in [0.2, 0.25) is 0 Å². The van der Waals surface area contributed by atoms with Crippen molar-refractivity contribution in [1.82, 2.24) is 20.5 Å². The van der Waals surface area contributed by atoms with Crippen molar-refractivity contribution in [2.75, 3.05) is 32.7 Å². The predicted octanol–water partition coefficient (Wildman–Crippen LogP) is 4.11. The second-order valence-electron chi connectivity index (χ2n) is 9.25. The highest BCUT2D eigenvalue weighted by molar-refractivity contribution is 6.35. The van der Waals surface area contributed by atoms with Crippen LogP contribution in [0.5, 0.6) is 0 Å². The van der Waals surface area contributed by atoms with Gasteiger partial charge in [0.15, 0.2) is 0 Å². The average molecular weight is 465 g/mol. The number of halogens is 1. The third kappa shape index (κ3) is 4.77. The van der Waals surface area contributed by atoms with Gasteiger partial charge in [-0.05, 0) is 68.6 Å². The largest absolute Gasteiger partial charge is 0.360 e. The summed E-state index contributed by atoms with van der Waals surface area (Å²) < 4.78 is 0. The molecule has 0 unspecified atom stereocenters. The van der Waals surface area contributed by atoms with Gasteiger partial charge in [-0.1, -0.05) is 29.8 Å². The van der Waals surface area contributed by atoms with Gasteiger partial charge in [-0.25, -0.2) is 0 Å². The molecule has 2 aromatic carbocycles. The Kier molecular flexibility index (Phi) is 6.13. The Bertz CT molecular complexity index is 1160. The molecule has 7 heteroatoms. The normalized spacial score (nSPS) is 17.2. The maximum Gasteiger partial charge on any atom is 0.251 e. The lowest BCUT2D eigenvalue weighted by Crippen LogP contribution is -2.34. The lowest BCUT2D eigenvalue weighted by Gasteiger charge is -2.23. The van der Waals surface area contributed by atoms with Gasteiger partial charge in [0.25, 0.3) is 11.8 Å². The summed E-state index contributed by atoms with van der Waals surface area (Å²) in [6, 6.07) is 13.4. The highest BCUT2D eigenvalue weighted by atomic mass is 35.5. The number of aromatic amines is 1. The second-order valence-corrected chi connectivity index (χ2v) is 9.66. The summed E-state index contributed by atoms with van der Waals surface area (Å²) in [5.41, 5.74) is 3.65. The van der Waals surface area contributed by atoms with E-state index in [9.17, 15) is 9.59 Å². The predicted molar refractivity (Wildman–Crippen MR) is 131 cm³/mol. The van der Waals surface area contributed by atoms with Gasteiger partial charge < -0.3 is 20.5 Å². The Morgan fingerprint density at radius 1 is 0.939 bits per heavy atom. The number of amides is 2. The number of nitrogens with zero attached hydrogens (tertiary/aromatic N) is 1. The van der Waals surface area contributed by atoms with Crippen LogP contribution in [0.25, 0.3) is 10.9 Å². The Hall–Kier alpha value is -2.83. The summed E-state index contributed by atoms with van der Waals surface area (Å²) >= 11 is 6.08. The van der Waals surface area contributed by atoms with E-state index in [1.807, 2.05) is 18.2 Å². The van der Waals surface area contributed by atoms with E-state index >= 15 is 0 Å². The van der Waals surface area contributed by atoms with Crippen LogP contribution in [0.3, 0.4) is 0 Å². The van der Waals surface area contributed by atoms with Crippen molar-refractivity contribution in [2.24, 2.45) is 0 Å². The highest BCUT2D eigenvalue weighted by Crippen LogP contribution is 2.49. The monoisotopic (exact) mass is 464 g/mol. The fourth-order valence-electron chi connectivity index (χ4n) is 4.82. The summed E-state index contributed by atoms with van der Waals surface area (Å²) in [6.45, 7) is 4.29. The van der Waals surface area contributed by atoms with Gasteiger partial charge >= 0.3 is 0 Å². The molecular weight excluding hydrogens is 436 g/mol. The molecule has 2 heterocycles. The molecule has 1 saturated heterocycles. The van der Waals surface area contributed by atoms with Crippen molar-refractivity contribution >= 4 is 34.3 Å². The molecule has 1 aliphatic carbocycles.